The van der Waals surface area contributed by atoms with E-state index in [0.717, 1.165) is 25.7 Å². The first-order chi connectivity index (χ1) is 9.08. The molecule has 1 saturated carbocycles. The number of imide groups is 1. The van der Waals surface area contributed by atoms with E-state index in [-0.39, 0.29) is 23.6 Å². The molecule has 3 amide bonds. The van der Waals surface area contributed by atoms with Gasteiger partial charge in [0.05, 0.1) is 0 Å². The van der Waals surface area contributed by atoms with Crippen LogP contribution in [-0.2, 0) is 14.4 Å². The van der Waals surface area contributed by atoms with E-state index >= 15 is 0 Å². The van der Waals surface area contributed by atoms with Crippen molar-refractivity contribution in [2.45, 2.75) is 52.4 Å². The lowest BCUT2D eigenvalue weighted by molar-refractivity contribution is -0.139. The van der Waals surface area contributed by atoms with E-state index in [1.165, 1.54) is 4.90 Å². The number of rotatable bonds is 3. The molecule has 0 aromatic rings. The van der Waals surface area contributed by atoms with Crippen molar-refractivity contribution in [1.29, 1.82) is 0 Å². The van der Waals surface area contributed by atoms with E-state index in [2.05, 4.69) is 0 Å². The Hall–Kier alpha value is -1.39. The van der Waals surface area contributed by atoms with Crippen molar-refractivity contribution in [1.82, 2.24) is 4.90 Å². The summed E-state index contributed by atoms with van der Waals surface area (Å²) in [5.41, 5.74) is 5.26. The lowest BCUT2D eigenvalue weighted by Gasteiger charge is -2.29. The molecule has 1 saturated heterocycles. The van der Waals surface area contributed by atoms with Crippen LogP contribution in [0.25, 0.3) is 0 Å². The third-order valence-electron chi connectivity index (χ3n) is 3.84. The highest BCUT2D eigenvalue weighted by Crippen LogP contribution is 2.30. The fraction of sp³-hybridized carbons (Fsp3) is 0.786. The van der Waals surface area contributed by atoms with Crippen LogP contribution in [0, 0.1) is 11.8 Å². The number of primary amides is 1. The van der Waals surface area contributed by atoms with Crippen LogP contribution in [0.4, 0.5) is 0 Å². The lowest BCUT2D eigenvalue weighted by Crippen LogP contribution is -2.36. The number of likely N-dealkylation sites (tertiary alicyclic amines) is 1. The third-order valence-corrected chi connectivity index (χ3v) is 3.84. The maximum atomic E-state index is 11.5. The molecule has 0 atom stereocenters. The highest BCUT2D eigenvalue weighted by Gasteiger charge is 2.32. The highest BCUT2D eigenvalue weighted by atomic mass is 16.2. The van der Waals surface area contributed by atoms with Gasteiger partial charge in [0.2, 0.25) is 17.7 Å². The van der Waals surface area contributed by atoms with Crippen LogP contribution in [0.15, 0.2) is 0 Å². The number of hydrogen-bond donors (Lipinski definition) is 1. The Morgan fingerprint density at radius 2 is 1.58 bits per heavy atom. The summed E-state index contributed by atoms with van der Waals surface area (Å²) in [4.78, 5) is 35.3. The predicted molar refractivity (Wildman–Crippen MR) is 71.9 cm³/mol. The molecule has 2 rings (SSSR count). The number of nitrogens with two attached hydrogens (primary N) is 1. The Labute approximate surface area is 114 Å². The van der Waals surface area contributed by atoms with Crippen molar-refractivity contribution < 1.29 is 14.4 Å². The Morgan fingerprint density at radius 3 is 2.00 bits per heavy atom. The van der Waals surface area contributed by atoms with Crippen molar-refractivity contribution in [3.8, 4) is 0 Å². The molecule has 5 heteroatoms. The largest absolute Gasteiger partial charge is 0.369 e. The Balaban J connectivity index is 0.000000861. The molecule has 19 heavy (non-hydrogen) atoms. The molecule has 0 radical (unpaired) electrons. The summed E-state index contributed by atoms with van der Waals surface area (Å²) in [6.07, 6.45) is 4.05. The molecular weight excluding hydrogens is 244 g/mol. The Bertz CT molecular complexity index is 331. The van der Waals surface area contributed by atoms with E-state index in [9.17, 15) is 14.4 Å². The molecule has 0 unspecified atom stereocenters. The summed E-state index contributed by atoms with van der Waals surface area (Å²) in [5, 5.41) is 0. The minimum Gasteiger partial charge on any atom is -0.369 e. The first-order valence-electron chi connectivity index (χ1n) is 7.20. The van der Waals surface area contributed by atoms with Crippen LogP contribution in [0.3, 0.4) is 0 Å². The molecule has 1 aliphatic carbocycles. The normalized spacial score (nSPS) is 26.9. The topological polar surface area (TPSA) is 80.5 Å². The van der Waals surface area contributed by atoms with Gasteiger partial charge < -0.3 is 5.73 Å². The summed E-state index contributed by atoms with van der Waals surface area (Å²) in [6, 6.07) is 0. The molecule has 0 aromatic carbocycles. The maximum Gasteiger partial charge on any atom is 0.229 e. The summed E-state index contributed by atoms with van der Waals surface area (Å²) in [7, 11) is 0. The summed E-state index contributed by atoms with van der Waals surface area (Å²) in [5.74, 6) is 0.00339. The zero-order chi connectivity index (χ0) is 14.4. The first kappa shape index (κ1) is 15.7. The predicted octanol–water partition coefficient (Wildman–Crippen LogP) is 1.45. The van der Waals surface area contributed by atoms with Gasteiger partial charge in [-0.25, -0.2) is 0 Å². The van der Waals surface area contributed by atoms with Gasteiger partial charge in [-0.1, -0.05) is 13.8 Å². The second-order valence-electron chi connectivity index (χ2n) is 5.02. The van der Waals surface area contributed by atoms with E-state index in [4.69, 9.17) is 5.73 Å². The average Bonchev–Trinajstić information content (AvgIpc) is 2.73. The van der Waals surface area contributed by atoms with Crippen molar-refractivity contribution in [2.24, 2.45) is 17.6 Å². The monoisotopic (exact) mass is 268 g/mol. The second kappa shape index (κ2) is 7.26. The van der Waals surface area contributed by atoms with Crippen LogP contribution < -0.4 is 5.73 Å². The average molecular weight is 268 g/mol. The minimum absolute atomic E-state index is 0.0174. The fourth-order valence-corrected chi connectivity index (χ4v) is 2.71. The van der Waals surface area contributed by atoms with E-state index < -0.39 is 0 Å². The van der Waals surface area contributed by atoms with Gasteiger partial charge in [-0.05, 0) is 31.6 Å². The van der Waals surface area contributed by atoms with Crippen LogP contribution in [0.5, 0.6) is 0 Å². The molecule has 0 aromatic heterocycles. The molecule has 2 aliphatic rings. The number of carbonyl (C=O) groups excluding carboxylic acids is 3. The van der Waals surface area contributed by atoms with Gasteiger partial charge >= 0.3 is 0 Å². The van der Waals surface area contributed by atoms with E-state index in [0.29, 0.717) is 25.3 Å². The van der Waals surface area contributed by atoms with Gasteiger partial charge in [0.25, 0.3) is 0 Å². The highest BCUT2D eigenvalue weighted by molar-refractivity contribution is 6.01. The number of carbonyl (C=O) groups is 3. The van der Waals surface area contributed by atoms with Crippen molar-refractivity contribution in [3.63, 3.8) is 0 Å². The SMILES string of the molecule is CC.NC(=O)C1CCC(CN2C(=O)CCC2=O)CC1. The van der Waals surface area contributed by atoms with Crippen LogP contribution in [0.2, 0.25) is 0 Å². The van der Waals surface area contributed by atoms with Crippen molar-refractivity contribution >= 4 is 17.7 Å². The van der Waals surface area contributed by atoms with Gasteiger partial charge in [-0.3, -0.25) is 19.3 Å². The second-order valence-corrected chi connectivity index (χ2v) is 5.02. The molecule has 0 bridgehead atoms. The number of nitrogens with zero attached hydrogens (tertiary/aromatic N) is 1. The van der Waals surface area contributed by atoms with Crippen LogP contribution in [0.1, 0.15) is 52.4 Å². The molecule has 1 aliphatic heterocycles. The van der Waals surface area contributed by atoms with Gasteiger partial charge in [0.1, 0.15) is 0 Å². The first-order valence-corrected chi connectivity index (χ1v) is 7.20. The lowest BCUT2D eigenvalue weighted by atomic mass is 9.81. The third kappa shape index (κ3) is 4.04. The van der Waals surface area contributed by atoms with Gasteiger partial charge in [0.15, 0.2) is 0 Å². The zero-order valence-corrected chi connectivity index (χ0v) is 11.9. The van der Waals surface area contributed by atoms with Gasteiger partial charge in [-0.15, -0.1) is 0 Å². The summed E-state index contributed by atoms with van der Waals surface area (Å²) in [6.45, 7) is 4.53. The zero-order valence-electron chi connectivity index (χ0n) is 11.9. The van der Waals surface area contributed by atoms with Crippen molar-refractivity contribution in [3.05, 3.63) is 0 Å². The number of hydrogen-bond acceptors (Lipinski definition) is 3. The Kier molecular flexibility index (Phi) is 5.99. The fourth-order valence-electron chi connectivity index (χ4n) is 2.71. The number of amides is 3. The molecule has 2 fully saturated rings. The molecule has 1 heterocycles. The molecule has 108 valence electrons. The summed E-state index contributed by atoms with van der Waals surface area (Å²) >= 11 is 0. The summed E-state index contributed by atoms with van der Waals surface area (Å²) < 4.78 is 0. The van der Waals surface area contributed by atoms with Gasteiger partial charge in [0, 0.05) is 25.3 Å². The van der Waals surface area contributed by atoms with Crippen LogP contribution >= 0.6 is 0 Å². The quantitative estimate of drug-likeness (QED) is 0.787. The molecule has 0 spiro atoms. The van der Waals surface area contributed by atoms with E-state index in [1.54, 1.807) is 0 Å². The van der Waals surface area contributed by atoms with E-state index in [1.807, 2.05) is 13.8 Å². The minimum atomic E-state index is -0.225. The maximum absolute atomic E-state index is 11.5. The van der Waals surface area contributed by atoms with Crippen LogP contribution in [-0.4, -0.2) is 29.2 Å². The molecule has 5 nitrogen and oxygen atoms in total. The smallest absolute Gasteiger partial charge is 0.229 e. The molecule has 2 N–H and O–H groups in total. The standard InChI is InChI=1S/C12H18N2O3.C2H6/c13-12(17)9-3-1-8(2-4-9)7-14-10(15)5-6-11(14)16;1-2/h8-9H,1-7H2,(H2,13,17);1-2H3. The van der Waals surface area contributed by atoms with Crippen molar-refractivity contribution in [2.75, 3.05) is 6.54 Å². The molecular formula is C14H24N2O3. The van der Waals surface area contributed by atoms with Gasteiger partial charge in [-0.2, -0.15) is 0 Å². The Morgan fingerprint density at radius 1 is 1.11 bits per heavy atom.